The first-order valence-corrected chi connectivity index (χ1v) is 8.44. The Morgan fingerprint density at radius 3 is 2.83 bits per heavy atom. The van der Waals surface area contributed by atoms with E-state index in [-0.39, 0.29) is 10.2 Å². The molecule has 0 saturated heterocycles. The third-order valence-electron chi connectivity index (χ3n) is 3.35. The van der Waals surface area contributed by atoms with Gasteiger partial charge in [0.25, 0.3) is 5.91 Å². The predicted octanol–water partition coefficient (Wildman–Crippen LogP) is 3.27. The fraction of sp³-hybridized carbons (Fsp3) is 0.214. The maximum absolute atomic E-state index is 12.2. The van der Waals surface area contributed by atoms with Crippen molar-refractivity contribution >= 4 is 57.2 Å². The molecule has 1 aliphatic rings. The number of urea groups is 1. The first-order valence-electron chi connectivity index (χ1n) is 6.87. The van der Waals surface area contributed by atoms with Crippen LogP contribution in [0.3, 0.4) is 0 Å². The number of fused-ring (bicyclic) bond motifs is 1. The molecule has 4 N–H and O–H groups in total. The Kier molecular flexibility index (Phi) is 4.91. The number of hydrogen-bond donors (Lipinski definition) is 3. The summed E-state index contributed by atoms with van der Waals surface area (Å²) in [5, 5.41) is 5.97. The molecule has 2 aromatic heterocycles. The van der Waals surface area contributed by atoms with Crippen molar-refractivity contribution in [1.82, 2.24) is 4.98 Å². The van der Waals surface area contributed by atoms with Crippen molar-refractivity contribution in [3.8, 4) is 0 Å². The molecule has 0 spiro atoms. The van der Waals surface area contributed by atoms with E-state index in [0.29, 0.717) is 35.9 Å². The molecule has 1 aliphatic heterocycles. The normalized spacial score (nSPS) is 13.2. The van der Waals surface area contributed by atoms with Crippen molar-refractivity contribution < 1.29 is 14.3 Å². The van der Waals surface area contributed by atoms with E-state index in [1.807, 2.05) is 0 Å². The molecule has 0 fully saturated rings. The molecule has 0 aromatic carbocycles. The molecule has 7 nitrogen and oxygen atoms in total. The Balaban J connectivity index is 1.80. The number of carbonyl (C=O) groups is 2. The van der Waals surface area contributed by atoms with Crippen LogP contribution in [0.25, 0.3) is 0 Å². The molecule has 0 aliphatic carbocycles. The van der Waals surface area contributed by atoms with Crippen LogP contribution in [0.5, 0.6) is 0 Å². The Morgan fingerprint density at radius 1 is 1.33 bits per heavy atom. The highest BCUT2D eigenvalue weighted by Gasteiger charge is 2.25. The number of nitrogens with two attached hydrogens (primary N) is 1. The van der Waals surface area contributed by atoms with Gasteiger partial charge in [-0.25, -0.2) is 9.78 Å². The van der Waals surface area contributed by atoms with Gasteiger partial charge in [-0.3, -0.25) is 10.1 Å². The molecular weight excluding hydrogens is 375 g/mol. The third-order valence-corrected chi connectivity index (χ3v) is 5.15. The van der Waals surface area contributed by atoms with E-state index >= 15 is 0 Å². The zero-order valence-corrected chi connectivity index (χ0v) is 14.5. The molecule has 0 bridgehead atoms. The first-order chi connectivity index (χ1) is 11.5. The quantitative estimate of drug-likeness (QED) is 0.703. The Labute approximate surface area is 151 Å². The van der Waals surface area contributed by atoms with Crippen LogP contribution in [0, 0.1) is 0 Å². The van der Waals surface area contributed by atoms with E-state index in [2.05, 4.69) is 15.6 Å². The van der Waals surface area contributed by atoms with Gasteiger partial charge in [-0.1, -0.05) is 23.2 Å². The summed E-state index contributed by atoms with van der Waals surface area (Å²) < 4.78 is 5.36. The van der Waals surface area contributed by atoms with Crippen LogP contribution < -0.4 is 16.4 Å². The zero-order valence-electron chi connectivity index (χ0n) is 12.2. The number of pyridine rings is 1. The second kappa shape index (κ2) is 6.94. The number of halogens is 2. The fourth-order valence-corrected chi connectivity index (χ4v) is 3.79. The Bertz CT molecular complexity index is 825. The molecule has 126 valence electrons. The van der Waals surface area contributed by atoms with E-state index in [1.54, 1.807) is 0 Å². The van der Waals surface area contributed by atoms with Crippen molar-refractivity contribution in [2.75, 3.05) is 17.2 Å². The van der Waals surface area contributed by atoms with Gasteiger partial charge in [0.15, 0.2) is 0 Å². The predicted molar refractivity (Wildman–Crippen MR) is 93.1 cm³/mol. The second-order valence-electron chi connectivity index (χ2n) is 4.95. The van der Waals surface area contributed by atoms with Gasteiger partial charge in [-0.2, -0.15) is 0 Å². The molecule has 0 atom stereocenters. The molecule has 0 radical (unpaired) electrons. The minimum absolute atomic E-state index is 0.143. The van der Waals surface area contributed by atoms with E-state index in [0.717, 1.165) is 10.4 Å². The topological polar surface area (TPSA) is 106 Å². The molecule has 24 heavy (non-hydrogen) atoms. The summed E-state index contributed by atoms with van der Waals surface area (Å²) >= 11 is 12.9. The average molecular weight is 387 g/mol. The smallest absolute Gasteiger partial charge is 0.324 e. The SMILES string of the molecule is NC(=O)c1c(NC(=O)Nc2cnc(Cl)c(Cl)c2)sc2c1CCOC2. The summed E-state index contributed by atoms with van der Waals surface area (Å²) in [5.74, 6) is -0.582. The summed E-state index contributed by atoms with van der Waals surface area (Å²) in [7, 11) is 0. The molecule has 3 heterocycles. The van der Waals surface area contributed by atoms with E-state index in [4.69, 9.17) is 33.7 Å². The third kappa shape index (κ3) is 3.46. The molecule has 2 aromatic rings. The van der Waals surface area contributed by atoms with Crippen molar-refractivity contribution in [3.63, 3.8) is 0 Å². The lowest BCUT2D eigenvalue weighted by atomic mass is 10.1. The molecule has 0 saturated carbocycles. The van der Waals surface area contributed by atoms with Crippen LogP contribution in [0.4, 0.5) is 15.5 Å². The zero-order chi connectivity index (χ0) is 17.3. The van der Waals surface area contributed by atoms with Gasteiger partial charge in [-0.05, 0) is 18.1 Å². The van der Waals surface area contributed by atoms with Crippen LogP contribution in [-0.2, 0) is 17.8 Å². The van der Waals surface area contributed by atoms with Crippen LogP contribution in [0.15, 0.2) is 12.3 Å². The van der Waals surface area contributed by atoms with Gasteiger partial charge in [0, 0.05) is 4.88 Å². The van der Waals surface area contributed by atoms with Gasteiger partial charge in [0.1, 0.15) is 10.2 Å². The highest BCUT2D eigenvalue weighted by molar-refractivity contribution is 7.17. The monoisotopic (exact) mass is 386 g/mol. The largest absolute Gasteiger partial charge is 0.376 e. The molecule has 0 unspecified atom stereocenters. The maximum atomic E-state index is 12.2. The van der Waals surface area contributed by atoms with Crippen molar-refractivity contribution in [1.29, 1.82) is 0 Å². The van der Waals surface area contributed by atoms with Gasteiger partial charge < -0.3 is 15.8 Å². The highest BCUT2D eigenvalue weighted by atomic mass is 35.5. The number of rotatable bonds is 3. The summed E-state index contributed by atoms with van der Waals surface area (Å²) in [6.45, 7) is 0.922. The fourth-order valence-electron chi connectivity index (χ4n) is 2.34. The van der Waals surface area contributed by atoms with Crippen molar-refractivity contribution in [2.24, 2.45) is 5.73 Å². The summed E-state index contributed by atoms with van der Waals surface area (Å²) in [5.41, 5.74) is 7.00. The average Bonchev–Trinajstić information content (AvgIpc) is 2.88. The van der Waals surface area contributed by atoms with E-state index < -0.39 is 11.9 Å². The number of ether oxygens (including phenoxy) is 1. The number of amides is 3. The standard InChI is InChI=1S/C14H12Cl2N4O3S/c15-8-3-6(4-18-11(8)16)19-14(22)20-13-10(12(17)21)7-1-2-23-5-9(7)24-13/h3-4H,1-2,5H2,(H2,17,21)(H2,19,20,22). The van der Waals surface area contributed by atoms with Crippen LogP contribution >= 0.6 is 34.5 Å². The molecule has 3 rings (SSSR count). The van der Waals surface area contributed by atoms with Crippen LogP contribution in [0.1, 0.15) is 20.8 Å². The van der Waals surface area contributed by atoms with Crippen molar-refractivity contribution in [3.05, 3.63) is 38.4 Å². The van der Waals surface area contributed by atoms with E-state index in [1.165, 1.54) is 23.6 Å². The van der Waals surface area contributed by atoms with Crippen molar-refractivity contribution in [2.45, 2.75) is 13.0 Å². The number of anilines is 2. The van der Waals surface area contributed by atoms with Gasteiger partial charge in [0.05, 0.1) is 35.7 Å². The number of hydrogen-bond acceptors (Lipinski definition) is 5. The maximum Gasteiger partial charge on any atom is 0.324 e. The van der Waals surface area contributed by atoms with Gasteiger partial charge >= 0.3 is 6.03 Å². The minimum atomic E-state index is -0.582. The number of thiophene rings is 1. The minimum Gasteiger partial charge on any atom is -0.376 e. The van der Waals surface area contributed by atoms with Crippen LogP contribution in [-0.4, -0.2) is 23.5 Å². The lowest BCUT2D eigenvalue weighted by Gasteiger charge is -2.12. The molecule has 10 heteroatoms. The lowest BCUT2D eigenvalue weighted by Crippen LogP contribution is -2.22. The Morgan fingerprint density at radius 2 is 2.12 bits per heavy atom. The van der Waals surface area contributed by atoms with E-state index in [9.17, 15) is 9.59 Å². The number of aromatic nitrogens is 1. The van der Waals surface area contributed by atoms with Gasteiger partial charge in [0.2, 0.25) is 0 Å². The number of carbonyl (C=O) groups excluding carboxylic acids is 2. The summed E-state index contributed by atoms with van der Waals surface area (Å²) in [6, 6.07) is 0.927. The lowest BCUT2D eigenvalue weighted by molar-refractivity contribution is 0.0991. The Hall–Kier alpha value is -1.87. The molecule has 3 amide bonds. The van der Waals surface area contributed by atoms with Gasteiger partial charge in [-0.15, -0.1) is 11.3 Å². The number of primary amides is 1. The summed E-state index contributed by atoms with van der Waals surface area (Å²) in [4.78, 5) is 28.6. The second-order valence-corrected chi connectivity index (χ2v) is 6.82. The summed E-state index contributed by atoms with van der Waals surface area (Å²) in [6.07, 6.45) is 1.96. The molecular formula is C14H12Cl2N4O3S. The highest BCUT2D eigenvalue weighted by Crippen LogP contribution is 2.36. The number of nitrogens with one attached hydrogen (secondary N) is 2. The number of nitrogens with zero attached hydrogens (tertiary/aromatic N) is 1. The van der Waals surface area contributed by atoms with Crippen LogP contribution in [0.2, 0.25) is 10.2 Å². The first kappa shape index (κ1) is 17.0.